The zero-order valence-electron chi connectivity index (χ0n) is 18.7. The molecule has 2 aromatic rings. The molecule has 1 aromatic carbocycles. The fraction of sp³-hybridized carbons (Fsp3) is 0.440. The standard InChI is InChI=1S/C25H32N2O4/c1-4-6-7-8-9-10-24(29)31-22-17-26-25(27-18-22)21-15-13-20(14-16-21)12-11-19(3)30-23(28)5-2/h7-8,13-19H,4-6,9-12H2,1-3H3. The first-order chi connectivity index (χ1) is 15.0. The Bertz CT molecular complexity index is 845. The third-order valence-corrected chi connectivity index (χ3v) is 4.67. The van der Waals surface area contributed by atoms with Gasteiger partial charge in [0.15, 0.2) is 11.6 Å². The maximum absolute atomic E-state index is 11.9. The van der Waals surface area contributed by atoms with Gasteiger partial charge in [0.25, 0.3) is 0 Å². The van der Waals surface area contributed by atoms with Gasteiger partial charge < -0.3 is 9.47 Å². The number of aromatic nitrogens is 2. The number of unbranched alkanes of at least 4 members (excludes halogenated alkanes) is 1. The summed E-state index contributed by atoms with van der Waals surface area (Å²) in [4.78, 5) is 31.8. The molecular formula is C25H32N2O4. The molecule has 1 unspecified atom stereocenters. The van der Waals surface area contributed by atoms with Crippen molar-refractivity contribution in [3.8, 4) is 17.1 Å². The molecule has 1 atom stereocenters. The molecule has 166 valence electrons. The van der Waals surface area contributed by atoms with E-state index in [1.807, 2.05) is 37.3 Å². The van der Waals surface area contributed by atoms with Crippen LogP contribution in [0.25, 0.3) is 11.4 Å². The van der Waals surface area contributed by atoms with Gasteiger partial charge in [-0.05, 0) is 38.2 Å². The van der Waals surface area contributed by atoms with Crippen LogP contribution < -0.4 is 4.74 Å². The lowest BCUT2D eigenvalue weighted by molar-refractivity contribution is -0.148. The molecule has 0 radical (unpaired) electrons. The van der Waals surface area contributed by atoms with Crippen molar-refractivity contribution < 1.29 is 19.1 Å². The number of carbonyl (C=O) groups is 2. The van der Waals surface area contributed by atoms with E-state index in [2.05, 4.69) is 23.0 Å². The molecule has 1 heterocycles. The topological polar surface area (TPSA) is 78.4 Å². The Morgan fingerprint density at radius 2 is 1.68 bits per heavy atom. The van der Waals surface area contributed by atoms with E-state index < -0.39 is 0 Å². The molecular weight excluding hydrogens is 392 g/mol. The van der Waals surface area contributed by atoms with Crippen LogP contribution in [0.5, 0.6) is 5.75 Å². The molecule has 0 saturated carbocycles. The Morgan fingerprint density at radius 3 is 2.32 bits per heavy atom. The molecule has 0 fully saturated rings. The summed E-state index contributed by atoms with van der Waals surface area (Å²) in [6, 6.07) is 7.96. The van der Waals surface area contributed by atoms with Crippen LogP contribution in [0, 0.1) is 0 Å². The van der Waals surface area contributed by atoms with Crippen LogP contribution in [0.4, 0.5) is 0 Å². The fourth-order valence-electron chi connectivity index (χ4n) is 2.86. The van der Waals surface area contributed by atoms with Crippen LogP contribution in [0.2, 0.25) is 0 Å². The summed E-state index contributed by atoms with van der Waals surface area (Å²) in [7, 11) is 0. The van der Waals surface area contributed by atoms with E-state index in [0.29, 0.717) is 30.8 Å². The zero-order valence-corrected chi connectivity index (χ0v) is 18.7. The fourth-order valence-corrected chi connectivity index (χ4v) is 2.86. The number of allylic oxidation sites excluding steroid dienone is 2. The SMILES string of the molecule is CCCC=CCCC(=O)Oc1cnc(-c2ccc(CCC(C)OC(=O)CC)cc2)nc1. The van der Waals surface area contributed by atoms with Crippen LogP contribution in [0.3, 0.4) is 0 Å². The molecule has 0 amide bonds. The van der Waals surface area contributed by atoms with Gasteiger partial charge in [0, 0.05) is 18.4 Å². The summed E-state index contributed by atoms with van der Waals surface area (Å²) < 4.78 is 10.6. The quantitative estimate of drug-likeness (QED) is 0.332. The van der Waals surface area contributed by atoms with Gasteiger partial charge in [-0.2, -0.15) is 0 Å². The molecule has 0 saturated heterocycles. The van der Waals surface area contributed by atoms with Crippen molar-refractivity contribution in [3.05, 3.63) is 54.4 Å². The lowest BCUT2D eigenvalue weighted by Gasteiger charge is -2.12. The molecule has 31 heavy (non-hydrogen) atoms. The van der Waals surface area contributed by atoms with Gasteiger partial charge in [0.05, 0.1) is 18.5 Å². The van der Waals surface area contributed by atoms with Crippen molar-refractivity contribution in [1.82, 2.24) is 9.97 Å². The van der Waals surface area contributed by atoms with Crippen molar-refractivity contribution >= 4 is 11.9 Å². The van der Waals surface area contributed by atoms with Gasteiger partial charge in [-0.25, -0.2) is 9.97 Å². The molecule has 0 bridgehead atoms. The van der Waals surface area contributed by atoms with Crippen molar-refractivity contribution in [2.75, 3.05) is 0 Å². The molecule has 0 aliphatic heterocycles. The molecule has 2 rings (SSSR count). The van der Waals surface area contributed by atoms with E-state index in [-0.39, 0.29) is 18.0 Å². The number of hydrogen-bond acceptors (Lipinski definition) is 6. The van der Waals surface area contributed by atoms with Gasteiger partial charge in [0.1, 0.15) is 0 Å². The highest BCUT2D eigenvalue weighted by molar-refractivity contribution is 5.72. The normalized spacial score (nSPS) is 12.0. The largest absolute Gasteiger partial charge is 0.463 e. The molecule has 0 aliphatic carbocycles. The average Bonchev–Trinajstić information content (AvgIpc) is 2.78. The Labute approximate surface area is 184 Å². The summed E-state index contributed by atoms with van der Waals surface area (Å²) in [5.41, 5.74) is 2.04. The Kier molecular flexibility index (Phi) is 10.4. The molecule has 0 aliphatic rings. The van der Waals surface area contributed by atoms with Crippen molar-refractivity contribution in [2.45, 2.75) is 71.8 Å². The number of nitrogens with zero attached hydrogens (tertiary/aromatic N) is 2. The molecule has 6 nitrogen and oxygen atoms in total. The summed E-state index contributed by atoms with van der Waals surface area (Å²) in [6.07, 6.45) is 12.1. The first-order valence-electron chi connectivity index (χ1n) is 11.0. The third-order valence-electron chi connectivity index (χ3n) is 4.67. The minimum atomic E-state index is -0.291. The number of ether oxygens (including phenoxy) is 2. The van der Waals surface area contributed by atoms with E-state index in [4.69, 9.17) is 9.47 Å². The van der Waals surface area contributed by atoms with Crippen LogP contribution >= 0.6 is 0 Å². The Morgan fingerprint density at radius 1 is 1.00 bits per heavy atom. The number of carbonyl (C=O) groups excluding carboxylic acids is 2. The summed E-state index contributed by atoms with van der Waals surface area (Å²) in [5, 5.41) is 0. The van der Waals surface area contributed by atoms with Crippen LogP contribution in [-0.4, -0.2) is 28.0 Å². The number of rotatable bonds is 12. The van der Waals surface area contributed by atoms with Crippen molar-refractivity contribution in [1.29, 1.82) is 0 Å². The highest BCUT2D eigenvalue weighted by Crippen LogP contribution is 2.19. The molecule has 6 heteroatoms. The Hall–Kier alpha value is -3.02. The number of hydrogen-bond donors (Lipinski definition) is 0. The third kappa shape index (κ3) is 9.11. The molecule has 1 aromatic heterocycles. The first kappa shape index (κ1) is 24.3. The Balaban J connectivity index is 1.83. The van der Waals surface area contributed by atoms with Gasteiger partial charge >= 0.3 is 11.9 Å². The monoisotopic (exact) mass is 424 g/mol. The summed E-state index contributed by atoms with van der Waals surface area (Å²) >= 11 is 0. The maximum Gasteiger partial charge on any atom is 0.311 e. The lowest BCUT2D eigenvalue weighted by Crippen LogP contribution is -2.14. The van der Waals surface area contributed by atoms with Crippen molar-refractivity contribution in [3.63, 3.8) is 0 Å². The zero-order chi connectivity index (χ0) is 22.5. The highest BCUT2D eigenvalue weighted by atomic mass is 16.5. The average molecular weight is 425 g/mol. The van der Waals surface area contributed by atoms with Crippen molar-refractivity contribution in [2.24, 2.45) is 0 Å². The number of benzene rings is 1. The van der Waals surface area contributed by atoms with Crippen LogP contribution in [0.1, 0.15) is 64.9 Å². The van der Waals surface area contributed by atoms with Gasteiger partial charge in [-0.1, -0.05) is 56.7 Å². The highest BCUT2D eigenvalue weighted by Gasteiger charge is 2.09. The van der Waals surface area contributed by atoms with E-state index >= 15 is 0 Å². The molecule has 0 N–H and O–H groups in total. The van der Waals surface area contributed by atoms with Crippen LogP contribution in [0.15, 0.2) is 48.8 Å². The number of esters is 2. The smallest absolute Gasteiger partial charge is 0.311 e. The minimum absolute atomic E-state index is 0.0990. The minimum Gasteiger partial charge on any atom is -0.463 e. The molecule has 0 spiro atoms. The summed E-state index contributed by atoms with van der Waals surface area (Å²) in [6.45, 7) is 5.82. The van der Waals surface area contributed by atoms with E-state index in [9.17, 15) is 9.59 Å². The van der Waals surface area contributed by atoms with Gasteiger partial charge in [-0.3, -0.25) is 9.59 Å². The predicted octanol–water partition coefficient (Wildman–Crippen LogP) is 5.46. The van der Waals surface area contributed by atoms with E-state index in [1.54, 1.807) is 6.92 Å². The van der Waals surface area contributed by atoms with E-state index in [1.165, 1.54) is 12.4 Å². The lowest BCUT2D eigenvalue weighted by atomic mass is 10.1. The van der Waals surface area contributed by atoms with Gasteiger partial charge in [0.2, 0.25) is 0 Å². The first-order valence-corrected chi connectivity index (χ1v) is 11.0. The second kappa shape index (κ2) is 13.3. The number of aryl methyl sites for hydroxylation is 1. The van der Waals surface area contributed by atoms with E-state index in [0.717, 1.165) is 36.8 Å². The second-order valence-corrected chi connectivity index (χ2v) is 7.40. The van der Waals surface area contributed by atoms with Crippen LogP contribution in [-0.2, 0) is 20.7 Å². The predicted molar refractivity (Wildman–Crippen MR) is 121 cm³/mol. The second-order valence-electron chi connectivity index (χ2n) is 7.40. The van der Waals surface area contributed by atoms with Gasteiger partial charge in [-0.15, -0.1) is 0 Å². The summed E-state index contributed by atoms with van der Waals surface area (Å²) in [5.74, 6) is 0.455. The maximum atomic E-state index is 11.9.